The van der Waals surface area contributed by atoms with Gasteiger partial charge in [-0.2, -0.15) is 5.26 Å². The van der Waals surface area contributed by atoms with E-state index < -0.39 is 0 Å². The number of ether oxygens (including phenoxy) is 2. The van der Waals surface area contributed by atoms with Crippen molar-refractivity contribution in [3.05, 3.63) is 48.4 Å². The second-order valence-electron chi connectivity index (χ2n) is 9.14. The average molecular weight is 506 g/mol. The van der Waals surface area contributed by atoms with E-state index in [1.807, 2.05) is 41.5 Å². The smallest absolute Gasteiger partial charge is 0.137 e. The molecule has 5 heterocycles. The molecule has 36 heavy (non-hydrogen) atoms. The topological polar surface area (TPSA) is 114 Å². The summed E-state index contributed by atoms with van der Waals surface area (Å²) in [6, 6.07) is 10.5. The van der Waals surface area contributed by atoms with Crippen molar-refractivity contribution in [2.75, 3.05) is 26.3 Å². The number of piperidine rings is 1. The van der Waals surface area contributed by atoms with Crippen LogP contribution in [0.2, 0.25) is 0 Å². The Morgan fingerprint density at radius 2 is 1.92 bits per heavy atom. The molecule has 0 saturated carbocycles. The molecule has 2 fully saturated rings. The van der Waals surface area contributed by atoms with Crippen LogP contribution in [0.3, 0.4) is 0 Å². The van der Waals surface area contributed by atoms with Crippen molar-refractivity contribution in [1.82, 2.24) is 30.3 Å². The van der Waals surface area contributed by atoms with Crippen molar-refractivity contribution in [3.8, 4) is 34.2 Å². The third-order valence-corrected chi connectivity index (χ3v) is 6.89. The predicted octanol–water partition coefficient (Wildman–Crippen LogP) is 4.26. The quantitative estimate of drug-likeness (QED) is 0.416. The number of nitriles is 1. The fourth-order valence-corrected chi connectivity index (χ4v) is 4.90. The minimum absolute atomic E-state index is 0. The van der Waals surface area contributed by atoms with E-state index >= 15 is 0 Å². The monoisotopic (exact) mass is 505 g/mol. The molecule has 10 heteroatoms. The molecule has 0 amide bonds. The van der Waals surface area contributed by atoms with Gasteiger partial charge in [-0.3, -0.25) is 0 Å². The van der Waals surface area contributed by atoms with Crippen molar-refractivity contribution in [2.24, 2.45) is 0 Å². The van der Waals surface area contributed by atoms with E-state index in [2.05, 4.69) is 37.7 Å². The van der Waals surface area contributed by atoms with Crippen molar-refractivity contribution in [3.63, 3.8) is 0 Å². The molecule has 9 nitrogen and oxygen atoms in total. The lowest BCUT2D eigenvalue weighted by atomic mass is 10.0. The van der Waals surface area contributed by atoms with Gasteiger partial charge in [0.1, 0.15) is 29.3 Å². The second-order valence-corrected chi connectivity index (χ2v) is 9.14. The van der Waals surface area contributed by atoms with Gasteiger partial charge in [-0.25, -0.2) is 9.67 Å². The van der Waals surface area contributed by atoms with E-state index in [1.165, 1.54) is 0 Å². The molecular weight excluding hydrogens is 478 g/mol. The Balaban J connectivity index is 0.00000267. The molecule has 0 aliphatic carbocycles. The summed E-state index contributed by atoms with van der Waals surface area (Å²) in [6.07, 6.45) is 9.64. The molecule has 3 aromatic heterocycles. The highest BCUT2D eigenvalue weighted by molar-refractivity contribution is 5.95. The number of pyridine rings is 1. The van der Waals surface area contributed by atoms with Crippen LogP contribution >= 0.6 is 12.4 Å². The fourth-order valence-electron chi connectivity index (χ4n) is 4.90. The summed E-state index contributed by atoms with van der Waals surface area (Å²) in [5, 5.41) is 23.0. The van der Waals surface area contributed by atoms with E-state index in [4.69, 9.17) is 9.47 Å². The zero-order chi connectivity index (χ0) is 23.6. The van der Waals surface area contributed by atoms with Crippen LogP contribution in [-0.4, -0.2) is 57.4 Å². The number of aromatic nitrogens is 5. The van der Waals surface area contributed by atoms with Crippen LogP contribution in [0, 0.1) is 11.3 Å². The maximum absolute atomic E-state index is 9.79. The van der Waals surface area contributed by atoms with Gasteiger partial charge >= 0.3 is 0 Å². The number of rotatable bonds is 5. The highest BCUT2D eigenvalue weighted by Crippen LogP contribution is 2.34. The lowest BCUT2D eigenvalue weighted by molar-refractivity contribution is 0.0254. The predicted molar refractivity (Wildman–Crippen MR) is 138 cm³/mol. The first-order chi connectivity index (χ1) is 17.3. The highest BCUT2D eigenvalue weighted by Gasteiger charge is 2.19. The summed E-state index contributed by atoms with van der Waals surface area (Å²) in [5.41, 5.74) is 4.95. The third-order valence-electron chi connectivity index (χ3n) is 6.89. The number of fused-ring (bicyclic) bond motifs is 1. The molecule has 2 aliphatic rings. The summed E-state index contributed by atoms with van der Waals surface area (Å²) in [6.45, 7) is 3.40. The van der Waals surface area contributed by atoms with E-state index in [0.717, 1.165) is 72.2 Å². The zero-order valence-corrected chi connectivity index (χ0v) is 20.6. The molecule has 0 radical (unpaired) electrons. The second kappa shape index (κ2) is 10.7. The molecule has 0 unspecified atom stereocenters. The van der Waals surface area contributed by atoms with Crippen molar-refractivity contribution < 1.29 is 9.47 Å². The lowest BCUT2D eigenvalue weighted by Gasteiger charge is -2.23. The Labute approximate surface area is 215 Å². The number of halogens is 1. The maximum atomic E-state index is 9.79. The van der Waals surface area contributed by atoms with Gasteiger partial charge in [-0.1, -0.05) is 11.3 Å². The maximum Gasteiger partial charge on any atom is 0.137 e. The first kappa shape index (κ1) is 24.3. The van der Waals surface area contributed by atoms with Gasteiger partial charge in [0.15, 0.2) is 0 Å². The van der Waals surface area contributed by atoms with Crippen LogP contribution in [0.15, 0.2) is 42.9 Å². The fraction of sp³-hybridized carbons (Fsp3) is 0.385. The van der Waals surface area contributed by atoms with Crippen molar-refractivity contribution in [1.29, 1.82) is 5.26 Å². The van der Waals surface area contributed by atoms with Crippen LogP contribution in [0.25, 0.3) is 33.4 Å². The Bertz CT molecular complexity index is 1380. The molecule has 2 N–H and O–H groups in total. The first-order valence-corrected chi connectivity index (χ1v) is 12.2. The summed E-state index contributed by atoms with van der Waals surface area (Å²) in [7, 11) is 0. The van der Waals surface area contributed by atoms with Crippen molar-refractivity contribution >= 4 is 23.4 Å². The zero-order valence-electron chi connectivity index (χ0n) is 19.8. The lowest BCUT2D eigenvalue weighted by Crippen LogP contribution is -2.29. The largest absolute Gasteiger partial charge is 0.489 e. The van der Waals surface area contributed by atoms with Crippen LogP contribution in [0.1, 0.15) is 37.3 Å². The Morgan fingerprint density at radius 3 is 2.72 bits per heavy atom. The van der Waals surface area contributed by atoms with Crippen LogP contribution in [-0.2, 0) is 4.74 Å². The van der Waals surface area contributed by atoms with E-state index in [-0.39, 0.29) is 18.5 Å². The number of aromatic amines is 1. The van der Waals surface area contributed by atoms with Gasteiger partial charge < -0.3 is 19.8 Å². The molecule has 1 aromatic carbocycles. The number of nitrogens with one attached hydrogen (secondary N) is 2. The molecule has 0 spiro atoms. The summed E-state index contributed by atoms with van der Waals surface area (Å²) in [4.78, 5) is 7.87. The van der Waals surface area contributed by atoms with Gasteiger partial charge in [0, 0.05) is 41.7 Å². The summed E-state index contributed by atoms with van der Waals surface area (Å²) >= 11 is 0. The third kappa shape index (κ3) is 4.80. The van der Waals surface area contributed by atoms with Gasteiger partial charge in [0.2, 0.25) is 0 Å². The molecule has 2 aliphatic heterocycles. The van der Waals surface area contributed by atoms with Gasteiger partial charge in [-0.15, -0.1) is 17.5 Å². The summed E-state index contributed by atoms with van der Waals surface area (Å²) < 4.78 is 13.5. The van der Waals surface area contributed by atoms with Crippen LogP contribution in [0.4, 0.5) is 0 Å². The van der Waals surface area contributed by atoms with E-state index in [0.29, 0.717) is 30.6 Å². The highest BCUT2D eigenvalue weighted by atomic mass is 35.5. The Morgan fingerprint density at radius 1 is 1.08 bits per heavy atom. The molecule has 2 saturated heterocycles. The van der Waals surface area contributed by atoms with E-state index in [9.17, 15) is 5.26 Å². The van der Waals surface area contributed by atoms with Crippen LogP contribution in [0.5, 0.6) is 5.75 Å². The molecule has 4 aromatic rings. The molecular formula is C26H28ClN7O2. The minimum atomic E-state index is 0. The van der Waals surface area contributed by atoms with Gasteiger partial charge in [-0.05, 0) is 49.7 Å². The minimum Gasteiger partial charge on any atom is -0.489 e. The molecule has 0 bridgehead atoms. The Kier molecular flexibility index (Phi) is 7.18. The molecule has 0 atom stereocenters. The summed E-state index contributed by atoms with van der Waals surface area (Å²) in [5.74, 6) is 0.622. The van der Waals surface area contributed by atoms with Gasteiger partial charge in [0.05, 0.1) is 31.0 Å². The standard InChI is InChI=1S/C26H27N7O2.ClH/c27-13-18-11-17(1-2-25(18)35-21-5-9-34-10-6-21)23-15-30-26-22(23)12-19(14-29-26)24-16-33(32-31-24)20-3-7-28-8-4-20;/h1-2,11-12,14-16,20-21,28H,3-10H2,(H,29,30);1H. The first-order valence-electron chi connectivity index (χ1n) is 12.2. The number of hydrogen-bond acceptors (Lipinski definition) is 7. The molecule has 186 valence electrons. The number of benzene rings is 1. The van der Waals surface area contributed by atoms with E-state index in [1.54, 1.807) is 0 Å². The van der Waals surface area contributed by atoms with Gasteiger partial charge in [0.25, 0.3) is 0 Å². The average Bonchev–Trinajstić information content (AvgIpc) is 3.58. The molecule has 6 rings (SSSR count). The van der Waals surface area contributed by atoms with Crippen molar-refractivity contribution in [2.45, 2.75) is 37.8 Å². The SMILES string of the molecule is Cl.N#Cc1cc(-c2c[nH]c3ncc(-c4cn(C5CCNCC5)nn4)cc23)ccc1OC1CCOCC1. The number of H-pyrrole nitrogens is 1. The van der Waals surface area contributed by atoms with Crippen LogP contribution < -0.4 is 10.1 Å². The normalized spacial score (nSPS) is 17.0. The number of hydrogen-bond donors (Lipinski definition) is 2. The Hall–Kier alpha value is -3.45. The number of nitrogens with zero attached hydrogens (tertiary/aromatic N) is 5.